The minimum atomic E-state index is 0.308. The fraction of sp³-hybridized carbons (Fsp3) is 0.923. The molecule has 0 radical (unpaired) electrons. The lowest BCUT2D eigenvalue weighted by molar-refractivity contribution is 0.380. The van der Waals surface area contributed by atoms with Crippen LogP contribution in [0.5, 0.6) is 0 Å². The molecule has 1 saturated heterocycles. The maximum absolute atomic E-state index is 9.01. The number of epoxide rings is 1. The topological polar surface area (TPSA) is 36.3 Å². The first-order chi connectivity index (χ1) is 7.38. The Hall–Kier alpha value is -0.550. The minimum absolute atomic E-state index is 0.308. The summed E-state index contributed by atoms with van der Waals surface area (Å²) in [4.78, 5) is 0. The molecule has 2 nitrogen and oxygen atoms in total. The Bertz CT molecular complexity index is 207. The van der Waals surface area contributed by atoms with Crippen molar-refractivity contribution < 1.29 is 4.74 Å². The van der Waals surface area contributed by atoms with E-state index in [1.807, 2.05) is 0 Å². The highest BCUT2D eigenvalue weighted by Gasteiger charge is 2.23. The van der Waals surface area contributed by atoms with Gasteiger partial charge in [-0.25, -0.2) is 0 Å². The molecule has 2 rings (SSSR count). The van der Waals surface area contributed by atoms with E-state index in [1.54, 1.807) is 0 Å². The van der Waals surface area contributed by atoms with Crippen molar-refractivity contribution in [2.24, 2.45) is 11.8 Å². The maximum atomic E-state index is 9.01. The molecule has 1 saturated carbocycles. The Kier molecular flexibility index (Phi) is 4.02. The zero-order chi connectivity index (χ0) is 10.5. The molecule has 1 heterocycles. The van der Waals surface area contributed by atoms with Crippen molar-refractivity contribution in [1.29, 1.82) is 5.26 Å². The molecule has 0 aromatic heterocycles. The highest BCUT2D eigenvalue weighted by molar-refractivity contribution is 4.84. The molecule has 2 atom stereocenters. The summed E-state index contributed by atoms with van der Waals surface area (Å²) >= 11 is 0. The summed E-state index contributed by atoms with van der Waals surface area (Å²) in [6.45, 7) is 0.957. The van der Waals surface area contributed by atoms with Gasteiger partial charge in [0.25, 0.3) is 0 Å². The maximum Gasteiger partial charge on any atom is 0.0810 e. The summed E-state index contributed by atoms with van der Waals surface area (Å²) in [5.41, 5.74) is 0. The van der Waals surface area contributed by atoms with Crippen LogP contribution in [0.4, 0.5) is 0 Å². The second kappa shape index (κ2) is 5.51. The molecule has 84 valence electrons. The first kappa shape index (κ1) is 11.0. The third-order valence-corrected chi connectivity index (χ3v) is 3.53. The summed E-state index contributed by atoms with van der Waals surface area (Å²) in [6, 6.07) is 2.45. The molecular weight excluding hydrogens is 186 g/mol. The van der Waals surface area contributed by atoms with Crippen LogP contribution in [0, 0.1) is 23.2 Å². The quantitative estimate of drug-likeness (QED) is 0.573. The van der Waals surface area contributed by atoms with E-state index in [9.17, 15) is 0 Å². The van der Waals surface area contributed by atoms with Crippen LogP contribution in [0.3, 0.4) is 0 Å². The molecule has 2 fully saturated rings. The Morgan fingerprint density at radius 3 is 2.40 bits per heavy atom. The van der Waals surface area contributed by atoms with E-state index in [1.165, 1.54) is 38.5 Å². The van der Waals surface area contributed by atoms with Crippen LogP contribution in [0.15, 0.2) is 0 Å². The Morgan fingerprint density at radius 1 is 1.20 bits per heavy atom. The van der Waals surface area contributed by atoms with Gasteiger partial charge in [-0.1, -0.05) is 25.7 Å². The van der Waals surface area contributed by atoms with Gasteiger partial charge in [0, 0.05) is 5.92 Å². The molecule has 0 aromatic rings. The Labute approximate surface area is 92.6 Å². The van der Waals surface area contributed by atoms with Gasteiger partial charge in [0.2, 0.25) is 0 Å². The van der Waals surface area contributed by atoms with Crippen LogP contribution in [0.2, 0.25) is 0 Å². The van der Waals surface area contributed by atoms with Gasteiger partial charge in [0.1, 0.15) is 0 Å². The second-order valence-corrected chi connectivity index (χ2v) is 5.09. The number of ether oxygens (including phenoxy) is 1. The van der Waals surface area contributed by atoms with Crippen molar-refractivity contribution >= 4 is 0 Å². The number of rotatable bonds is 8. The second-order valence-electron chi connectivity index (χ2n) is 5.09. The SMILES string of the molecule is N#CC(CCCC1CC1)CCCC1CO1. The highest BCUT2D eigenvalue weighted by atomic mass is 16.6. The first-order valence-corrected chi connectivity index (χ1v) is 6.39. The zero-order valence-corrected chi connectivity index (χ0v) is 9.45. The molecule has 2 aliphatic rings. The van der Waals surface area contributed by atoms with Crippen molar-refractivity contribution in [3.63, 3.8) is 0 Å². The van der Waals surface area contributed by atoms with Gasteiger partial charge in [-0.15, -0.1) is 0 Å². The third-order valence-electron chi connectivity index (χ3n) is 3.53. The molecule has 2 unspecified atom stereocenters. The van der Waals surface area contributed by atoms with Crippen molar-refractivity contribution in [3.05, 3.63) is 0 Å². The van der Waals surface area contributed by atoms with Gasteiger partial charge < -0.3 is 4.74 Å². The minimum Gasteiger partial charge on any atom is -0.373 e. The molecule has 0 amide bonds. The van der Waals surface area contributed by atoms with Gasteiger partial charge in [-0.05, 0) is 31.6 Å². The van der Waals surface area contributed by atoms with E-state index in [2.05, 4.69) is 6.07 Å². The number of hydrogen-bond acceptors (Lipinski definition) is 2. The van der Waals surface area contributed by atoms with Gasteiger partial charge in [0.05, 0.1) is 18.8 Å². The molecule has 0 aromatic carbocycles. The predicted molar refractivity (Wildman–Crippen MR) is 59.3 cm³/mol. The summed E-state index contributed by atoms with van der Waals surface area (Å²) in [7, 11) is 0. The molecule has 1 aliphatic carbocycles. The Morgan fingerprint density at radius 2 is 1.87 bits per heavy atom. The largest absolute Gasteiger partial charge is 0.373 e. The Balaban J connectivity index is 1.48. The van der Waals surface area contributed by atoms with E-state index in [0.29, 0.717) is 12.0 Å². The van der Waals surface area contributed by atoms with Crippen molar-refractivity contribution in [1.82, 2.24) is 0 Å². The summed E-state index contributed by atoms with van der Waals surface area (Å²) in [6.07, 6.45) is 10.6. The van der Waals surface area contributed by atoms with E-state index < -0.39 is 0 Å². The normalized spacial score (nSPS) is 25.9. The van der Waals surface area contributed by atoms with Gasteiger partial charge in [0.15, 0.2) is 0 Å². The van der Waals surface area contributed by atoms with E-state index >= 15 is 0 Å². The van der Waals surface area contributed by atoms with Gasteiger partial charge >= 0.3 is 0 Å². The van der Waals surface area contributed by atoms with Crippen LogP contribution in [0.25, 0.3) is 0 Å². The van der Waals surface area contributed by atoms with Crippen molar-refractivity contribution in [2.45, 2.75) is 57.5 Å². The lowest BCUT2D eigenvalue weighted by Crippen LogP contribution is -1.99. The monoisotopic (exact) mass is 207 g/mol. The van der Waals surface area contributed by atoms with Crippen molar-refractivity contribution in [2.75, 3.05) is 6.61 Å². The van der Waals surface area contributed by atoms with Crippen LogP contribution in [0.1, 0.15) is 51.4 Å². The number of nitriles is 1. The van der Waals surface area contributed by atoms with Crippen LogP contribution in [-0.2, 0) is 4.74 Å². The predicted octanol–water partition coefficient (Wildman–Crippen LogP) is 3.28. The van der Waals surface area contributed by atoms with E-state index in [0.717, 1.165) is 25.4 Å². The van der Waals surface area contributed by atoms with Crippen LogP contribution in [-0.4, -0.2) is 12.7 Å². The summed E-state index contributed by atoms with van der Waals surface area (Å²) in [5.74, 6) is 1.33. The van der Waals surface area contributed by atoms with Gasteiger partial charge in [-0.3, -0.25) is 0 Å². The smallest absolute Gasteiger partial charge is 0.0810 e. The molecule has 0 spiro atoms. The standard InChI is InChI=1S/C13H21NO/c14-9-12(4-1-3-11-7-8-11)5-2-6-13-10-15-13/h11-13H,1-8,10H2. The van der Waals surface area contributed by atoms with Gasteiger partial charge in [-0.2, -0.15) is 5.26 Å². The average molecular weight is 207 g/mol. The lowest BCUT2D eigenvalue weighted by atomic mass is 9.96. The lowest BCUT2D eigenvalue weighted by Gasteiger charge is -2.07. The third kappa shape index (κ3) is 4.66. The van der Waals surface area contributed by atoms with Crippen LogP contribution < -0.4 is 0 Å². The van der Waals surface area contributed by atoms with Crippen molar-refractivity contribution in [3.8, 4) is 6.07 Å². The van der Waals surface area contributed by atoms with E-state index in [4.69, 9.17) is 10.00 Å². The highest BCUT2D eigenvalue weighted by Crippen LogP contribution is 2.34. The zero-order valence-electron chi connectivity index (χ0n) is 9.45. The van der Waals surface area contributed by atoms with E-state index in [-0.39, 0.29) is 0 Å². The fourth-order valence-corrected chi connectivity index (χ4v) is 2.16. The molecule has 1 aliphatic heterocycles. The molecule has 15 heavy (non-hydrogen) atoms. The average Bonchev–Trinajstić information content (AvgIpc) is 3.09. The fourth-order valence-electron chi connectivity index (χ4n) is 2.16. The van der Waals surface area contributed by atoms with Crippen LogP contribution >= 0.6 is 0 Å². The number of hydrogen-bond donors (Lipinski definition) is 0. The summed E-state index contributed by atoms with van der Waals surface area (Å²) < 4.78 is 5.16. The molecule has 0 N–H and O–H groups in total. The number of nitrogens with zero attached hydrogens (tertiary/aromatic N) is 1. The molecular formula is C13H21NO. The summed E-state index contributed by atoms with van der Waals surface area (Å²) in [5, 5.41) is 9.01. The molecule has 0 bridgehead atoms. The first-order valence-electron chi connectivity index (χ1n) is 6.39. The molecule has 2 heteroatoms.